The molecule has 0 atom stereocenters. The lowest BCUT2D eigenvalue weighted by Gasteiger charge is -1.36. The second-order valence-electron chi connectivity index (χ2n) is 0.723. The SMILES string of the molecule is C=CC.CN=C=O. The third-order valence-corrected chi connectivity index (χ3v) is 0.0913. The molecule has 0 fully saturated rings. The van der Waals surface area contributed by atoms with E-state index in [1.807, 2.05) is 6.92 Å². The molecule has 7 heavy (non-hydrogen) atoms. The summed E-state index contributed by atoms with van der Waals surface area (Å²) in [5.41, 5.74) is 0. The molecule has 0 N–H and O–H groups in total. The van der Waals surface area contributed by atoms with Gasteiger partial charge in [-0.3, -0.25) is 0 Å². The molecule has 0 aliphatic heterocycles. The lowest BCUT2D eigenvalue weighted by molar-refractivity contribution is 0.564. The van der Waals surface area contributed by atoms with E-state index < -0.39 is 0 Å². The first-order valence-corrected chi connectivity index (χ1v) is 1.86. The summed E-state index contributed by atoms with van der Waals surface area (Å²) < 4.78 is 0. The first kappa shape index (κ1) is 9.45. The Hall–Kier alpha value is -0.880. The molecule has 0 aromatic heterocycles. The van der Waals surface area contributed by atoms with Crippen molar-refractivity contribution in [3.8, 4) is 0 Å². The van der Waals surface area contributed by atoms with Gasteiger partial charge in [0.05, 0.1) is 0 Å². The molecular formula is C5H9NO. The molecule has 2 nitrogen and oxygen atoms in total. The Morgan fingerprint density at radius 1 is 1.86 bits per heavy atom. The Bertz CT molecular complexity index is 72.1. The van der Waals surface area contributed by atoms with Crippen molar-refractivity contribution < 1.29 is 4.79 Å². The van der Waals surface area contributed by atoms with E-state index in [1.165, 1.54) is 13.1 Å². The van der Waals surface area contributed by atoms with E-state index in [-0.39, 0.29) is 0 Å². The van der Waals surface area contributed by atoms with Crippen LogP contribution in [0.25, 0.3) is 0 Å². The number of hydrogen-bond acceptors (Lipinski definition) is 2. The lowest BCUT2D eigenvalue weighted by Crippen LogP contribution is -1.38. The zero-order valence-electron chi connectivity index (χ0n) is 4.64. The molecule has 0 saturated heterocycles. The summed E-state index contributed by atoms with van der Waals surface area (Å²) in [5.74, 6) is 0. The van der Waals surface area contributed by atoms with E-state index in [1.54, 1.807) is 6.08 Å². The second kappa shape index (κ2) is 19.3. The van der Waals surface area contributed by atoms with Gasteiger partial charge in [-0.05, 0) is 6.92 Å². The first-order chi connectivity index (χ1) is 3.33. The van der Waals surface area contributed by atoms with E-state index in [4.69, 9.17) is 4.79 Å². The van der Waals surface area contributed by atoms with Crippen LogP contribution in [-0.4, -0.2) is 13.1 Å². The summed E-state index contributed by atoms with van der Waals surface area (Å²) in [4.78, 5) is 11.8. The molecule has 0 aromatic carbocycles. The van der Waals surface area contributed by atoms with Crippen LogP contribution in [-0.2, 0) is 4.79 Å². The number of carbonyl (C=O) groups excluding carboxylic acids is 1. The van der Waals surface area contributed by atoms with Crippen molar-refractivity contribution in [3.05, 3.63) is 12.7 Å². The van der Waals surface area contributed by atoms with Crippen LogP contribution in [0.3, 0.4) is 0 Å². The Kier molecular flexibility index (Phi) is 26.1. The van der Waals surface area contributed by atoms with Gasteiger partial charge in [0.25, 0.3) is 0 Å². The predicted molar refractivity (Wildman–Crippen MR) is 29.9 cm³/mol. The molecule has 0 aliphatic rings. The lowest BCUT2D eigenvalue weighted by atomic mass is 10.8. The molecule has 0 saturated carbocycles. The molecule has 2 heteroatoms. The molecule has 0 unspecified atom stereocenters. The largest absolute Gasteiger partial charge is 0.234 e. The van der Waals surface area contributed by atoms with Crippen molar-refractivity contribution in [2.45, 2.75) is 6.92 Å². The quantitative estimate of drug-likeness (QED) is 0.254. The van der Waals surface area contributed by atoms with Crippen molar-refractivity contribution in [1.82, 2.24) is 0 Å². The molecule has 0 spiro atoms. The highest BCUT2D eigenvalue weighted by Gasteiger charge is 1.29. The summed E-state index contributed by atoms with van der Waals surface area (Å²) in [6.07, 6.45) is 3.06. The van der Waals surface area contributed by atoms with E-state index in [9.17, 15) is 0 Å². The van der Waals surface area contributed by atoms with Crippen LogP contribution in [0.4, 0.5) is 0 Å². The molecule has 40 valence electrons. The predicted octanol–water partition coefficient (Wildman–Crippen LogP) is 1.14. The third kappa shape index (κ3) is 3460. The van der Waals surface area contributed by atoms with Gasteiger partial charge in [0.1, 0.15) is 0 Å². The monoisotopic (exact) mass is 99.1 g/mol. The number of aliphatic imine (C=N–C) groups is 1. The van der Waals surface area contributed by atoms with Gasteiger partial charge in [0.2, 0.25) is 6.08 Å². The van der Waals surface area contributed by atoms with Gasteiger partial charge < -0.3 is 0 Å². The fourth-order valence-electron chi connectivity index (χ4n) is 0. The maximum atomic E-state index is 8.88. The van der Waals surface area contributed by atoms with Gasteiger partial charge in [-0.25, -0.2) is 9.79 Å². The fourth-order valence-corrected chi connectivity index (χ4v) is 0. The van der Waals surface area contributed by atoms with Crippen LogP contribution in [0.5, 0.6) is 0 Å². The molecule has 0 heterocycles. The van der Waals surface area contributed by atoms with E-state index >= 15 is 0 Å². The first-order valence-electron chi connectivity index (χ1n) is 1.86. The van der Waals surface area contributed by atoms with Crippen LogP contribution < -0.4 is 0 Å². The van der Waals surface area contributed by atoms with Crippen LogP contribution >= 0.6 is 0 Å². The highest BCUT2D eigenvalue weighted by atomic mass is 16.1. The summed E-state index contributed by atoms with van der Waals surface area (Å²) >= 11 is 0. The van der Waals surface area contributed by atoms with Crippen LogP contribution in [0, 0.1) is 0 Å². The standard InChI is InChI=1S/C3H6.C2H3NO/c1-3-2;1-3-2-4/h3H,1H2,2H3;1H3. The number of nitrogens with zero attached hydrogens (tertiary/aromatic N) is 1. The zero-order valence-corrected chi connectivity index (χ0v) is 4.64. The van der Waals surface area contributed by atoms with Crippen LogP contribution in [0.2, 0.25) is 0 Å². The molecule has 0 radical (unpaired) electrons. The van der Waals surface area contributed by atoms with E-state index in [0.29, 0.717) is 0 Å². The second-order valence-corrected chi connectivity index (χ2v) is 0.723. The molecule has 0 amide bonds. The van der Waals surface area contributed by atoms with Crippen molar-refractivity contribution in [2.24, 2.45) is 4.99 Å². The van der Waals surface area contributed by atoms with Crippen molar-refractivity contribution >= 4 is 6.08 Å². The molecule has 0 bridgehead atoms. The van der Waals surface area contributed by atoms with Gasteiger partial charge >= 0.3 is 0 Å². The number of allylic oxidation sites excluding steroid dienone is 1. The zero-order chi connectivity index (χ0) is 6.12. The molecular weight excluding hydrogens is 90.1 g/mol. The van der Waals surface area contributed by atoms with Crippen LogP contribution in [0.1, 0.15) is 6.92 Å². The fraction of sp³-hybridized carbons (Fsp3) is 0.400. The Labute approximate surface area is 43.6 Å². The van der Waals surface area contributed by atoms with E-state index in [0.717, 1.165) is 0 Å². The minimum atomic E-state index is 1.31. The average Bonchev–Trinajstić information content (AvgIpc) is 1.69. The van der Waals surface area contributed by atoms with Crippen molar-refractivity contribution in [2.75, 3.05) is 7.05 Å². The summed E-state index contributed by atoms with van der Waals surface area (Å²) in [6, 6.07) is 0. The number of rotatable bonds is 0. The Balaban J connectivity index is 0. The minimum absolute atomic E-state index is 1.31. The maximum absolute atomic E-state index is 8.88. The topological polar surface area (TPSA) is 29.4 Å². The van der Waals surface area contributed by atoms with Gasteiger partial charge in [0, 0.05) is 7.05 Å². The molecule has 0 rings (SSSR count). The highest BCUT2D eigenvalue weighted by Crippen LogP contribution is 1.38. The van der Waals surface area contributed by atoms with Crippen molar-refractivity contribution in [3.63, 3.8) is 0 Å². The van der Waals surface area contributed by atoms with Gasteiger partial charge in [-0.1, -0.05) is 6.08 Å². The smallest absolute Gasteiger partial charge is 0.211 e. The summed E-state index contributed by atoms with van der Waals surface area (Å²) in [7, 11) is 1.38. The molecule has 0 aromatic rings. The third-order valence-electron chi connectivity index (χ3n) is 0.0913. The number of isocyanates is 1. The average molecular weight is 99.1 g/mol. The number of hydrogen-bond donors (Lipinski definition) is 0. The van der Waals surface area contributed by atoms with Gasteiger partial charge in [-0.2, -0.15) is 0 Å². The van der Waals surface area contributed by atoms with E-state index in [2.05, 4.69) is 11.6 Å². The normalized spacial score (nSPS) is 4.29. The Morgan fingerprint density at radius 2 is 2.00 bits per heavy atom. The minimum Gasteiger partial charge on any atom is -0.211 e. The van der Waals surface area contributed by atoms with Gasteiger partial charge in [-0.15, -0.1) is 6.58 Å². The summed E-state index contributed by atoms with van der Waals surface area (Å²) in [6.45, 7) is 5.25. The summed E-state index contributed by atoms with van der Waals surface area (Å²) in [5, 5.41) is 0. The van der Waals surface area contributed by atoms with Crippen molar-refractivity contribution in [1.29, 1.82) is 0 Å². The molecule has 0 aliphatic carbocycles. The van der Waals surface area contributed by atoms with Gasteiger partial charge in [0.15, 0.2) is 0 Å². The highest BCUT2D eigenvalue weighted by molar-refractivity contribution is 5.32. The Morgan fingerprint density at radius 3 is 2.00 bits per heavy atom. The maximum Gasteiger partial charge on any atom is 0.234 e. The van der Waals surface area contributed by atoms with Crippen LogP contribution in [0.15, 0.2) is 17.6 Å².